The Kier molecular flexibility index (Phi) is 4.20. The molecule has 1 saturated carbocycles. The molecule has 6 heteroatoms. The van der Waals surface area contributed by atoms with Gasteiger partial charge in [-0.15, -0.1) is 0 Å². The predicted octanol–water partition coefficient (Wildman–Crippen LogP) is 2.24. The lowest BCUT2D eigenvalue weighted by molar-refractivity contribution is -0.117. The van der Waals surface area contributed by atoms with Gasteiger partial charge in [0, 0.05) is 29.6 Å². The third-order valence-electron chi connectivity index (χ3n) is 3.77. The highest BCUT2D eigenvalue weighted by Crippen LogP contribution is 2.30. The molecular formula is C16H20N4O2. The summed E-state index contributed by atoms with van der Waals surface area (Å²) in [6, 6.07) is 7.78. The first-order chi connectivity index (χ1) is 10.7. The Hall–Kier alpha value is -2.21. The SMILES string of the molecule is CNC(C)Cc1noc(-c2cccc(NC(=O)C3CC3)c2)n1. The number of aromatic nitrogens is 2. The molecule has 1 aliphatic rings. The van der Waals surface area contributed by atoms with Gasteiger partial charge in [-0.2, -0.15) is 4.98 Å². The predicted molar refractivity (Wildman–Crippen MR) is 83.3 cm³/mol. The Morgan fingerprint density at radius 1 is 1.45 bits per heavy atom. The van der Waals surface area contributed by atoms with Gasteiger partial charge in [-0.1, -0.05) is 11.2 Å². The summed E-state index contributed by atoms with van der Waals surface area (Å²) in [4.78, 5) is 16.2. The van der Waals surface area contributed by atoms with Crippen LogP contribution in [0.2, 0.25) is 0 Å². The van der Waals surface area contributed by atoms with Crippen molar-refractivity contribution >= 4 is 11.6 Å². The molecular weight excluding hydrogens is 280 g/mol. The lowest BCUT2D eigenvalue weighted by Crippen LogP contribution is -2.24. The Labute approximate surface area is 129 Å². The van der Waals surface area contributed by atoms with Crippen LogP contribution in [0.1, 0.15) is 25.6 Å². The van der Waals surface area contributed by atoms with Gasteiger partial charge in [-0.3, -0.25) is 4.79 Å². The fourth-order valence-electron chi connectivity index (χ4n) is 2.15. The van der Waals surface area contributed by atoms with Gasteiger partial charge in [0.15, 0.2) is 5.82 Å². The van der Waals surface area contributed by atoms with Crippen molar-refractivity contribution in [3.8, 4) is 11.5 Å². The van der Waals surface area contributed by atoms with Crippen molar-refractivity contribution in [3.63, 3.8) is 0 Å². The minimum absolute atomic E-state index is 0.0891. The van der Waals surface area contributed by atoms with Gasteiger partial charge in [0.05, 0.1) is 0 Å². The molecule has 6 nitrogen and oxygen atoms in total. The molecule has 3 rings (SSSR count). The molecule has 1 aromatic carbocycles. The average Bonchev–Trinajstić information content (AvgIpc) is 3.28. The Bertz CT molecular complexity index is 664. The quantitative estimate of drug-likeness (QED) is 0.855. The zero-order valence-corrected chi connectivity index (χ0v) is 12.8. The van der Waals surface area contributed by atoms with Crippen LogP contribution in [0.25, 0.3) is 11.5 Å². The summed E-state index contributed by atoms with van der Waals surface area (Å²) in [6.07, 6.45) is 2.68. The van der Waals surface area contributed by atoms with Gasteiger partial charge in [0.2, 0.25) is 5.91 Å². The van der Waals surface area contributed by atoms with Crippen LogP contribution in [0.5, 0.6) is 0 Å². The molecule has 0 spiro atoms. The van der Waals surface area contributed by atoms with Crippen LogP contribution in [0.4, 0.5) is 5.69 Å². The molecule has 2 N–H and O–H groups in total. The third kappa shape index (κ3) is 3.51. The van der Waals surface area contributed by atoms with E-state index < -0.39 is 0 Å². The number of hydrogen-bond acceptors (Lipinski definition) is 5. The number of benzene rings is 1. The van der Waals surface area contributed by atoms with E-state index in [1.165, 1.54) is 0 Å². The number of carbonyl (C=O) groups is 1. The maximum absolute atomic E-state index is 11.8. The molecule has 1 amide bonds. The number of rotatable bonds is 6. The second kappa shape index (κ2) is 6.27. The topological polar surface area (TPSA) is 80.0 Å². The van der Waals surface area contributed by atoms with Crippen LogP contribution >= 0.6 is 0 Å². The molecule has 1 fully saturated rings. The molecule has 1 aliphatic carbocycles. The van der Waals surface area contributed by atoms with Crippen molar-refractivity contribution < 1.29 is 9.32 Å². The van der Waals surface area contributed by atoms with Crippen molar-refractivity contribution in [1.82, 2.24) is 15.5 Å². The molecule has 0 saturated heterocycles. The first-order valence-electron chi connectivity index (χ1n) is 7.57. The molecule has 1 aromatic heterocycles. The van der Waals surface area contributed by atoms with Gasteiger partial charge in [-0.25, -0.2) is 0 Å². The molecule has 0 bridgehead atoms. The van der Waals surface area contributed by atoms with E-state index in [1.54, 1.807) is 0 Å². The van der Waals surface area contributed by atoms with E-state index >= 15 is 0 Å². The summed E-state index contributed by atoms with van der Waals surface area (Å²) in [6.45, 7) is 2.06. The number of hydrogen-bond donors (Lipinski definition) is 2. The highest BCUT2D eigenvalue weighted by molar-refractivity contribution is 5.94. The lowest BCUT2D eigenvalue weighted by atomic mass is 10.2. The van der Waals surface area contributed by atoms with Crippen LogP contribution in [0.15, 0.2) is 28.8 Å². The minimum atomic E-state index is 0.0891. The molecule has 2 aromatic rings. The molecule has 1 heterocycles. The second-order valence-electron chi connectivity index (χ2n) is 5.75. The monoisotopic (exact) mass is 300 g/mol. The maximum Gasteiger partial charge on any atom is 0.257 e. The van der Waals surface area contributed by atoms with Gasteiger partial charge in [-0.05, 0) is 45.0 Å². The molecule has 0 radical (unpaired) electrons. The normalized spacial score (nSPS) is 15.5. The van der Waals surface area contributed by atoms with Crippen molar-refractivity contribution in [2.24, 2.45) is 5.92 Å². The Morgan fingerprint density at radius 2 is 2.27 bits per heavy atom. The van der Waals surface area contributed by atoms with Crippen molar-refractivity contribution in [2.75, 3.05) is 12.4 Å². The minimum Gasteiger partial charge on any atom is -0.334 e. The molecule has 22 heavy (non-hydrogen) atoms. The number of nitrogens with zero attached hydrogens (tertiary/aromatic N) is 2. The van der Waals surface area contributed by atoms with Crippen LogP contribution in [0, 0.1) is 5.92 Å². The molecule has 1 atom stereocenters. The first-order valence-corrected chi connectivity index (χ1v) is 7.57. The van der Waals surface area contributed by atoms with E-state index in [0.29, 0.717) is 18.1 Å². The highest BCUT2D eigenvalue weighted by Gasteiger charge is 2.29. The highest BCUT2D eigenvalue weighted by atomic mass is 16.5. The summed E-state index contributed by atoms with van der Waals surface area (Å²) in [7, 11) is 1.90. The standard InChI is InChI=1S/C16H20N4O2/c1-10(17-2)8-14-19-16(22-20-14)12-4-3-5-13(9-12)18-15(21)11-6-7-11/h3-5,9-11,17H,6-8H2,1-2H3,(H,18,21). The fraction of sp³-hybridized carbons (Fsp3) is 0.438. The molecule has 0 aliphatic heterocycles. The van der Waals surface area contributed by atoms with Gasteiger partial charge < -0.3 is 15.2 Å². The van der Waals surface area contributed by atoms with Crippen LogP contribution in [-0.4, -0.2) is 29.1 Å². The third-order valence-corrected chi connectivity index (χ3v) is 3.77. The van der Waals surface area contributed by atoms with E-state index in [9.17, 15) is 4.79 Å². The summed E-state index contributed by atoms with van der Waals surface area (Å²) in [5, 5.41) is 10.1. The van der Waals surface area contributed by atoms with E-state index in [4.69, 9.17) is 4.52 Å². The van der Waals surface area contributed by atoms with Crippen molar-refractivity contribution in [1.29, 1.82) is 0 Å². The number of carbonyl (C=O) groups excluding carboxylic acids is 1. The Balaban J connectivity index is 1.72. The second-order valence-corrected chi connectivity index (χ2v) is 5.75. The fourth-order valence-corrected chi connectivity index (χ4v) is 2.15. The molecule has 116 valence electrons. The number of likely N-dealkylation sites (N-methyl/N-ethyl adjacent to an activating group) is 1. The maximum atomic E-state index is 11.8. The van der Waals surface area contributed by atoms with E-state index in [0.717, 1.165) is 24.1 Å². The van der Waals surface area contributed by atoms with Gasteiger partial charge in [0.25, 0.3) is 5.89 Å². The smallest absolute Gasteiger partial charge is 0.257 e. The zero-order chi connectivity index (χ0) is 15.5. The lowest BCUT2D eigenvalue weighted by Gasteiger charge is -2.05. The van der Waals surface area contributed by atoms with Gasteiger partial charge >= 0.3 is 0 Å². The number of nitrogens with one attached hydrogen (secondary N) is 2. The summed E-state index contributed by atoms with van der Waals surface area (Å²) in [5.74, 6) is 1.41. The van der Waals surface area contributed by atoms with Crippen LogP contribution < -0.4 is 10.6 Å². The van der Waals surface area contributed by atoms with Gasteiger partial charge in [0.1, 0.15) is 0 Å². The van der Waals surface area contributed by atoms with Crippen LogP contribution in [0.3, 0.4) is 0 Å². The first kappa shape index (κ1) is 14.7. The zero-order valence-electron chi connectivity index (χ0n) is 12.8. The van der Waals surface area contributed by atoms with Crippen molar-refractivity contribution in [2.45, 2.75) is 32.2 Å². The van der Waals surface area contributed by atoms with E-state index in [2.05, 4.69) is 27.7 Å². The Morgan fingerprint density at radius 3 is 3.00 bits per heavy atom. The summed E-state index contributed by atoms with van der Waals surface area (Å²) >= 11 is 0. The van der Waals surface area contributed by atoms with Crippen LogP contribution in [-0.2, 0) is 11.2 Å². The number of anilines is 1. The largest absolute Gasteiger partial charge is 0.334 e. The summed E-state index contributed by atoms with van der Waals surface area (Å²) in [5.41, 5.74) is 1.57. The van der Waals surface area contributed by atoms with Crippen molar-refractivity contribution in [3.05, 3.63) is 30.1 Å². The molecule has 1 unspecified atom stereocenters. The average molecular weight is 300 g/mol. The number of amides is 1. The van der Waals surface area contributed by atoms with E-state index in [1.807, 2.05) is 31.3 Å². The van der Waals surface area contributed by atoms with E-state index in [-0.39, 0.29) is 17.9 Å². The summed E-state index contributed by atoms with van der Waals surface area (Å²) < 4.78 is 5.31.